The molecule has 0 aliphatic heterocycles. The van der Waals surface area contributed by atoms with Crippen molar-refractivity contribution in [2.45, 2.75) is 26.2 Å². The Morgan fingerprint density at radius 2 is 1.54 bits per heavy atom. The number of rotatable bonds is 3. The quantitative estimate of drug-likeness (QED) is 0.750. The van der Waals surface area contributed by atoms with E-state index < -0.39 is 0 Å². The largest absolute Gasteiger partial charge is 0.296 e. The van der Waals surface area contributed by atoms with Crippen LogP contribution in [0.2, 0.25) is 0 Å². The molecule has 0 saturated carbocycles. The highest BCUT2D eigenvalue weighted by atomic mass is 32.1. The molecule has 0 aliphatic rings. The van der Waals surface area contributed by atoms with Gasteiger partial charge in [-0.2, -0.15) is 0 Å². The van der Waals surface area contributed by atoms with Crippen molar-refractivity contribution < 1.29 is 4.79 Å². The minimum atomic E-state index is -0.175. The Balaban J connectivity index is 1.73. The van der Waals surface area contributed by atoms with Gasteiger partial charge in [0.25, 0.3) is 5.91 Å². The summed E-state index contributed by atoms with van der Waals surface area (Å²) in [4.78, 5) is 12.3. The molecule has 0 aliphatic carbocycles. The van der Waals surface area contributed by atoms with Gasteiger partial charge in [0.1, 0.15) is 5.01 Å². The highest BCUT2D eigenvalue weighted by Gasteiger charge is 2.20. The second-order valence-electron chi connectivity index (χ2n) is 6.56. The standard InChI is InChI=1S/C19H19N3OS/c1-19(2,3)17-21-22-18(24-17)20-16(23)15-11-9-14(10-12-15)13-7-5-4-6-8-13/h4-12H,1-3H3,(H,20,22,23). The van der Waals surface area contributed by atoms with Crippen molar-refractivity contribution in [2.24, 2.45) is 0 Å². The molecule has 1 N–H and O–H groups in total. The Morgan fingerprint density at radius 1 is 0.917 bits per heavy atom. The first kappa shape index (κ1) is 16.3. The van der Waals surface area contributed by atoms with E-state index in [1.165, 1.54) is 11.3 Å². The molecule has 0 spiro atoms. The number of nitrogens with one attached hydrogen (secondary N) is 1. The monoisotopic (exact) mass is 337 g/mol. The number of carbonyl (C=O) groups is 1. The van der Waals surface area contributed by atoms with Crippen molar-refractivity contribution in [3.8, 4) is 11.1 Å². The lowest BCUT2D eigenvalue weighted by atomic mass is 9.98. The van der Waals surface area contributed by atoms with E-state index >= 15 is 0 Å². The van der Waals surface area contributed by atoms with Gasteiger partial charge < -0.3 is 0 Å². The molecule has 0 bridgehead atoms. The number of anilines is 1. The molecule has 122 valence electrons. The number of benzene rings is 2. The van der Waals surface area contributed by atoms with Crippen LogP contribution < -0.4 is 5.32 Å². The van der Waals surface area contributed by atoms with Gasteiger partial charge in [0.2, 0.25) is 5.13 Å². The fraction of sp³-hybridized carbons (Fsp3) is 0.211. The summed E-state index contributed by atoms with van der Waals surface area (Å²) in [6.07, 6.45) is 0. The number of hydrogen-bond acceptors (Lipinski definition) is 4. The number of nitrogens with zero attached hydrogens (tertiary/aromatic N) is 2. The van der Waals surface area contributed by atoms with Crippen LogP contribution in [0.5, 0.6) is 0 Å². The van der Waals surface area contributed by atoms with Crippen molar-refractivity contribution in [3.63, 3.8) is 0 Å². The maximum absolute atomic E-state index is 12.3. The number of hydrogen-bond donors (Lipinski definition) is 1. The molecular weight excluding hydrogens is 318 g/mol. The van der Waals surface area contributed by atoms with Crippen LogP contribution in [0.15, 0.2) is 54.6 Å². The zero-order valence-corrected chi connectivity index (χ0v) is 14.7. The summed E-state index contributed by atoms with van der Waals surface area (Å²) in [6, 6.07) is 17.6. The fourth-order valence-corrected chi connectivity index (χ4v) is 2.99. The van der Waals surface area contributed by atoms with Gasteiger partial charge in [0, 0.05) is 11.0 Å². The van der Waals surface area contributed by atoms with Gasteiger partial charge in [-0.05, 0) is 23.3 Å². The Morgan fingerprint density at radius 3 is 2.12 bits per heavy atom. The van der Waals surface area contributed by atoms with E-state index in [1.54, 1.807) is 0 Å². The Bertz CT molecular complexity index is 833. The third kappa shape index (κ3) is 3.68. The Kier molecular flexibility index (Phi) is 4.44. The summed E-state index contributed by atoms with van der Waals surface area (Å²) in [5.74, 6) is -0.175. The maximum atomic E-state index is 12.3. The minimum absolute atomic E-state index is 0.0715. The number of carbonyl (C=O) groups excluding carboxylic acids is 1. The molecule has 0 saturated heterocycles. The molecule has 1 heterocycles. The van der Waals surface area contributed by atoms with E-state index in [1.807, 2.05) is 54.6 Å². The van der Waals surface area contributed by atoms with Gasteiger partial charge in [-0.1, -0.05) is 74.6 Å². The lowest BCUT2D eigenvalue weighted by Gasteiger charge is -2.12. The van der Waals surface area contributed by atoms with Crippen LogP contribution in [0.25, 0.3) is 11.1 Å². The summed E-state index contributed by atoms with van der Waals surface area (Å²) in [6.45, 7) is 6.21. The van der Waals surface area contributed by atoms with Crippen molar-refractivity contribution in [1.29, 1.82) is 0 Å². The predicted molar refractivity (Wildman–Crippen MR) is 98.4 cm³/mol. The van der Waals surface area contributed by atoms with E-state index in [0.717, 1.165) is 16.1 Å². The van der Waals surface area contributed by atoms with E-state index in [2.05, 4.69) is 36.3 Å². The van der Waals surface area contributed by atoms with Crippen LogP contribution >= 0.6 is 11.3 Å². The molecule has 3 rings (SSSR count). The molecule has 5 heteroatoms. The van der Waals surface area contributed by atoms with E-state index in [4.69, 9.17) is 0 Å². The van der Waals surface area contributed by atoms with E-state index in [9.17, 15) is 4.79 Å². The average Bonchev–Trinajstić information content (AvgIpc) is 3.05. The molecule has 3 aromatic rings. The first-order chi connectivity index (χ1) is 11.4. The van der Waals surface area contributed by atoms with Crippen molar-refractivity contribution >= 4 is 22.4 Å². The topological polar surface area (TPSA) is 54.9 Å². The summed E-state index contributed by atoms with van der Waals surface area (Å²) in [5, 5.41) is 12.4. The van der Waals surface area contributed by atoms with Gasteiger partial charge in [-0.3, -0.25) is 10.1 Å². The molecule has 0 fully saturated rings. The fourth-order valence-electron chi connectivity index (χ4n) is 2.19. The molecule has 0 atom stereocenters. The third-order valence-electron chi connectivity index (χ3n) is 3.54. The summed E-state index contributed by atoms with van der Waals surface area (Å²) < 4.78 is 0. The van der Waals surface area contributed by atoms with Gasteiger partial charge in [0.15, 0.2) is 0 Å². The zero-order valence-electron chi connectivity index (χ0n) is 13.9. The molecule has 2 aromatic carbocycles. The van der Waals surface area contributed by atoms with Crippen molar-refractivity contribution in [1.82, 2.24) is 10.2 Å². The molecule has 0 unspecified atom stereocenters. The average molecular weight is 337 g/mol. The number of amides is 1. The summed E-state index contributed by atoms with van der Waals surface area (Å²) >= 11 is 1.41. The second-order valence-corrected chi connectivity index (χ2v) is 7.54. The smallest absolute Gasteiger partial charge is 0.257 e. The zero-order chi connectivity index (χ0) is 17.2. The first-order valence-electron chi connectivity index (χ1n) is 7.74. The van der Waals surface area contributed by atoms with Crippen molar-refractivity contribution in [2.75, 3.05) is 5.32 Å². The first-order valence-corrected chi connectivity index (χ1v) is 8.56. The van der Waals surface area contributed by atoms with Crippen molar-refractivity contribution in [3.05, 3.63) is 65.2 Å². The third-order valence-corrected chi connectivity index (χ3v) is 4.81. The van der Waals surface area contributed by atoms with Crippen LogP contribution in [0.3, 0.4) is 0 Å². The summed E-state index contributed by atoms with van der Waals surface area (Å²) in [5.41, 5.74) is 2.74. The van der Waals surface area contributed by atoms with Crippen LogP contribution in [-0.4, -0.2) is 16.1 Å². The molecule has 24 heavy (non-hydrogen) atoms. The van der Waals surface area contributed by atoms with Gasteiger partial charge >= 0.3 is 0 Å². The molecule has 4 nitrogen and oxygen atoms in total. The van der Waals surface area contributed by atoms with E-state index in [0.29, 0.717) is 10.7 Å². The molecule has 0 radical (unpaired) electrons. The second kappa shape index (κ2) is 6.53. The van der Waals surface area contributed by atoms with Gasteiger partial charge in [-0.25, -0.2) is 0 Å². The molecular formula is C19H19N3OS. The van der Waals surface area contributed by atoms with E-state index in [-0.39, 0.29) is 11.3 Å². The van der Waals surface area contributed by atoms with Crippen LogP contribution in [0, 0.1) is 0 Å². The lowest BCUT2D eigenvalue weighted by molar-refractivity contribution is 0.102. The highest BCUT2D eigenvalue weighted by molar-refractivity contribution is 7.15. The number of aromatic nitrogens is 2. The highest BCUT2D eigenvalue weighted by Crippen LogP contribution is 2.28. The Hall–Kier alpha value is -2.53. The van der Waals surface area contributed by atoms with Crippen LogP contribution in [0.1, 0.15) is 36.1 Å². The van der Waals surface area contributed by atoms with Gasteiger partial charge in [-0.15, -0.1) is 10.2 Å². The predicted octanol–water partition coefficient (Wildman–Crippen LogP) is 4.75. The van der Waals surface area contributed by atoms with Crippen LogP contribution in [-0.2, 0) is 5.41 Å². The summed E-state index contributed by atoms with van der Waals surface area (Å²) in [7, 11) is 0. The molecule has 1 aromatic heterocycles. The van der Waals surface area contributed by atoms with Gasteiger partial charge in [0.05, 0.1) is 0 Å². The van der Waals surface area contributed by atoms with Crippen LogP contribution in [0.4, 0.5) is 5.13 Å². The SMILES string of the molecule is CC(C)(C)c1nnc(NC(=O)c2ccc(-c3ccccc3)cc2)s1. The lowest BCUT2D eigenvalue weighted by Crippen LogP contribution is -2.11. The minimum Gasteiger partial charge on any atom is -0.296 e. The normalized spacial score (nSPS) is 11.3. The Labute approximate surface area is 145 Å². The maximum Gasteiger partial charge on any atom is 0.257 e. The molecule has 1 amide bonds.